The topological polar surface area (TPSA) is 68.1 Å². The minimum atomic E-state index is -4.73. The van der Waals surface area contributed by atoms with Crippen molar-refractivity contribution in [2.45, 2.75) is 23.5 Å². The van der Waals surface area contributed by atoms with E-state index < -0.39 is 26.7 Å². The highest BCUT2D eigenvalue weighted by Crippen LogP contribution is 2.36. The van der Waals surface area contributed by atoms with Crippen molar-refractivity contribution in [2.24, 2.45) is 0 Å². The summed E-state index contributed by atoms with van der Waals surface area (Å²) in [5.41, 5.74) is -1.15. The van der Waals surface area contributed by atoms with Crippen LogP contribution in [-0.2, 0) is 16.2 Å². The van der Waals surface area contributed by atoms with Crippen LogP contribution in [0.3, 0.4) is 0 Å². The lowest BCUT2D eigenvalue weighted by Crippen LogP contribution is -2.31. The maximum absolute atomic E-state index is 13.1. The number of hydrogen-bond donors (Lipinski definition) is 0. The molecule has 0 spiro atoms. The van der Waals surface area contributed by atoms with E-state index in [4.69, 9.17) is 0 Å². The molecular weight excluding hydrogens is 333 g/mol. The fraction of sp³-hybridized carbons (Fsp3) is 0.385. The first-order chi connectivity index (χ1) is 10.8. The van der Waals surface area contributed by atoms with Gasteiger partial charge in [0.25, 0.3) is 0 Å². The summed E-state index contributed by atoms with van der Waals surface area (Å²) in [5, 5.41) is 7.90. The summed E-state index contributed by atoms with van der Waals surface area (Å²) in [6.45, 7) is 0.171. The average molecular weight is 346 g/mol. The van der Waals surface area contributed by atoms with Crippen molar-refractivity contribution >= 4 is 10.0 Å². The molecule has 0 amide bonds. The maximum atomic E-state index is 13.1. The Morgan fingerprint density at radius 2 is 1.78 bits per heavy atom. The lowest BCUT2D eigenvalue weighted by Gasteiger charge is -2.19. The molecule has 2 aromatic rings. The zero-order chi connectivity index (χ0) is 16.7. The molecule has 0 radical (unpaired) electrons. The molecule has 1 aromatic heterocycles. The summed E-state index contributed by atoms with van der Waals surface area (Å²) >= 11 is 0. The standard InChI is InChI=1S/C13H13F3N4O2S/c14-13(15,16)11-3-1-2-4-12(11)23(21,22)19-8-5-10(9-19)20-17-6-7-18-20/h1-4,6-7,10H,5,8-9H2/t10-/m0/s1. The van der Waals surface area contributed by atoms with Gasteiger partial charge in [0.1, 0.15) is 0 Å². The van der Waals surface area contributed by atoms with Gasteiger partial charge in [0.15, 0.2) is 0 Å². The molecule has 6 nitrogen and oxygen atoms in total. The summed E-state index contributed by atoms with van der Waals surface area (Å²) < 4.78 is 65.4. The van der Waals surface area contributed by atoms with Crippen molar-refractivity contribution in [1.29, 1.82) is 0 Å². The monoisotopic (exact) mass is 346 g/mol. The molecular formula is C13H13F3N4O2S. The number of aromatic nitrogens is 3. The van der Waals surface area contributed by atoms with Crippen molar-refractivity contribution in [1.82, 2.24) is 19.3 Å². The van der Waals surface area contributed by atoms with Crippen LogP contribution in [0.15, 0.2) is 41.6 Å². The first kappa shape index (κ1) is 15.9. The van der Waals surface area contributed by atoms with Crippen molar-refractivity contribution in [3.63, 3.8) is 0 Å². The molecule has 1 fully saturated rings. The van der Waals surface area contributed by atoms with Gasteiger partial charge in [-0.25, -0.2) is 8.42 Å². The van der Waals surface area contributed by atoms with E-state index in [1.165, 1.54) is 29.3 Å². The summed E-state index contributed by atoms with van der Waals surface area (Å²) in [6, 6.07) is 3.93. The van der Waals surface area contributed by atoms with Gasteiger partial charge in [-0.3, -0.25) is 0 Å². The van der Waals surface area contributed by atoms with E-state index in [2.05, 4.69) is 10.2 Å². The predicted molar refractivity (Wildman–Crippen MR) is 73.9 cm³/mol. The van der Waals surface area contributed by atoms with Crippen LogP contribution in [0.25, 0.3) is 0 Å². The minimum Gasteiger partial charge on any atom is -0.207 e. The smallest absolute Gasteiger partial charge is 0.207 e. The second kappa shape index (κ2) is 5.60. The first-order valence-electron chi connectivity index (χ1n) is 6.82. The van der Waals surface area contributed by atoms with Gasteiger partial charge in [0, 0.05) is 13.1 Å². The largest absolute Gasteiger partial charge is 0.417 e. The second-order valence-electron chi connectivity index (χ2n) is 5.15. The molecule has 0 unspecified atom stereocenters. The molecule has 0 bridgehead atoms. The molecule has 23 heavy (non-hydrogen) atoms. The van der Waals surface area contributed by atoms with Crippen LogP contribution in [0, 0.1) is 0 Å². The minimum absolute atomic E-state index is 0.0448. The molecule has 0 saturated carbocycles. The SMILES string of the molecule is O=S(=O)(c1ccccc1C(F)(F)F)N1CC[C@H](n2nccn2)C1. The van der Waals surface area contributed by atoms with Gasteiger partial charge < -0.3 is 0 Å². The third-order valence-electron chi connectivity index (χ3n) is 3.70. The van der Waals surface area contributed by atoms with E-state index in [1.807, 2.05) is 0 Å². The molecule has 3 rings (SSSR count). The summed E-state index contributed by atoms with van der Waals surface area (Å²) in [4.78, 5) is 0.659. The lowest BCUT2D eigenvalue weighted by molar-refractivity contribution is -0.139. The highest BCUT2D eigenvalue weighted by molar-refractivity contribution is 7.89. The summed E-state index contributed by atoms with van der Waals surface area (Å²) in [7, 11) is -4.23. The van der Waals surface area contributed by atoms with Crippen molar-refractivity contribution in [2.75, 3.05) is 13.1 Å². The molecule has 10 heteroatoms. The van der Waals surface area contributed by atoms with Gasteiger partial charge >= 0.3 is 6.18 Å². The van der Waals surface area contributed by atoms with Crippen molar-refractivity contribution < 1.29 is 21.6 Å². The third kappa shape index (κ3) is 2.95. The Bertz CT molecular complexity index is 790. The molecule has 1 atom stereocenters. The Balaban J connectivity index is 1.92. The van der Waals surface area contributed by atoms with Gasteiger partial charge in [0.2, 0.25) is 10.0 Å². The Labute approximate surface area is 130 Å². The van der Waals surface area contributed by atoms with Gasteiger partial charge in [-0.15, -0.1) is 0 Å². The third-order valence-corrected chi connectivity index (χ3v) is 5.62. The number of alkyl halides is 3. The predicted octanol–water partition coefficient (Wildman–Crippen LogP) is 1.93. The first-order valence-corrected chi connectivity index (χ1v) is 8.26. The van der Waals surface area contributed by atoms with Crippen molar-refractivity contribution in [3.05, 3.63) is 42.2 Å². The van der Waals surface area contributed by atoms with Gasteiger partial charge in [-0.05, 0) is 18.6 Å². The van der Waals surface area contributed by atoms with Crippen LogP contribution >= 0.6 is 0 Å². The normalized spacial score (nSPS) is 20.0. The molecule has 1 aromatic carbocycles. The fourth-order valence-corrected chi connectivity index (χ4v) is 4.30. The Hall–Kier alpha value is -1.94. The maximum Gasteiger partial charge on any atom is 0.417 e. The highest BCUT2D eigenvalue weighted by atomic mass is 32.2. The zero-order valence-corrected chi connectivity index (χ0v) is 12.6. The number of halogens is 3. The molecule has 1 saturated heterocycles. The Kier molecular flexibility index (Phi) is 3.88. The molecule has 0 aliphatic carbocycles. The van der Waals surface area contributed by atoms with E-state index in [9.17, 15) is 21.6 Å². The summed E-state index contributed by atoms with van der Waals surface area (Å²) in [5.74, 6) is 0. The van der Waals surface area contributed by atoms with E-state index in [1.54, 1.807) is 0 Å². The fourth-order valence-electron chi connectivity index (χ4n) is 2.60. The molecule has 124 valence electrons. The highest BCUT2D eigenvalue weighted by Gasteiger charge is 2.41. The zero-order valence-electron chi connectivity index (χ0n) is 11.8. The molecule has 0 N–H and O–H groups in total. The van der Waals surface area contributed by atoms with E-state index in [-0.39, 0.29) is 19.1 Å². The summed E-state index contributed by atoms with van der Waals surface area (Å²) in [6.07, 6.45) is -1.35. The van der Waals surface area contributed by atoms with E-state index in [0.717, 1.165) is 16.4 Å². The number of benzene rings is 1. The van der Waals surface area contributed by atoms with E-state index >= 15 is 0 Å². The molecule has 1 aliphatic rings. The van der Waals surface area contributed by atoms with Crippen LogP contribution in [-0.4, -0.2) is 40.8 Å². The Morgan fingerprint density at radius 1 is 1.13 bits per heavy atom. The van der Waals surface area contributed by atoms with Crippen LogP contribution in [0.2, 0.25) is 0 Å². The van der Waals surface area contributed by atoms with Crippen molar-refractivity contribution in [3.8, 4) is 0 Å². The number of hydrogen-bond acceptors (Lipinski definition) is 4. The number of nitrogens with zero attached hydrogens (tertiary/aromatic N) is 4. The van der Waals surface area contributed by atoms with E-state index in [0.29, 0.717) is 6.42 Å². The van der Waals surface area contributed by atoms with Crippen LogP contribution in [0.5, 0.6) is 0 Å². The lowest BCUT2D eigenvalue weighted by atomic mass is 10.2. The Morgan fingerprint density at radius 3 is 2.43 bits per heavy atom. The van der Waals surface area contributed by atoms with Gasteiger partial charge in [-0.1, -0.05) is 12.1 Å². The molecule has 2 heterocycles. The second-order valence-corrected chi connectivity index (χ2v) is 7.06. The van der Waals surface area contributed by atoms with Crippen LogP contribution < -0.4 is 0 Å². The molecule has 1 aliphatic heterocycles. The van der Waals surface area contributed by atoms with Crippen LogP contribution in [0.1, 0.15) is 18.0 Å². The quantitative estimate of drug-likeness (QED) is 0.852. The number of sulfonamides is 1. The van der Waals surface area contributed by atoms with Crippen LogP contribution in [0.4, 0.5) is 13.2 Å². The van der Waals surface area contributed by atoms with Gasteiger partial charge in [0.05, 0.1) is 28.9 Å². The number of rotatable bonds is 3. The van der Waals surface area contributed by atoms with Gasteiger partial charge in [-0.2, -0.15) is 32.5 Å². The average Bonchev–Trinajstić information content (AvgIpc) is 3.17.